The van der Waals surface area contributed by atoms with Crippen molar-refractivity contribution in [3.05, 3.63) is 53.1 Å². The molecule has 1 heterocycles. The van der Waals surface area contributed by atoms with Crippen molar-refractivity contribution < 1.29 is 12.6 Å². The molecule has 3 rings (SSSR count). The van der Waals surface area contributed by atoms with Crippen molar-refractivity contribution in [3.8, 4) is 0 Å². The first-order valence-electron chi connectivity index (χ1n) is 7.50. The normalized spacial score (nSPS) is 15.5. The standard InChI is InChI=1S/C16H16ClN3O3S2.ClH/c17-13-4-1-3-12(9-13)10-18-7-8-20-25(22,23)15-6-2-5-14-16(15)24(21)11-19-14;/h1-6,9,11,18,20H,7-8,10H2;1H. The second-order valence-electron chi connectivity index (χ2n) is 5.34. The zero-order valence-corrected chi connectivity index (χ0v) is 16.7. The molecule has 26 heavy (non-hydrogen) atoms. The van der Waals surface area contributed by atoms with Crippen LogP contribution in [0, 0.1) is 0 Å². The van der Waals surface area contributed by atoms with E-state index in [9.17, 15) is 12.6 Å². The van der Waals surface area contributed by atoms with Crippen molar-refractivity contribution in [2.75, 3.05) is 13.1 Å². The van der Waals surface area contributed by atoms with Gasteiger partial charge in [-0.2, -0.15) is 0 Å². The van der Waals surface area contributed by atoms with E-state index >= 15 is 0 Å². The third-order valence-electron chi connectivity index (χ3n) is 3.55. The fourth-order valence-corrected chi connectivity index (χ4v) is 5.24. The molecule has 0 aliphatic carbocycles. The van der Waals surface area contributed by atoms with Crippen LogP contribution in [0.1, 0.15) is 5.56 Å². The van der Waals surface area contributed by atoms with Gasteiger partial charge in [-0.05, 0) is 29.8 Å². The molecular formula is C16H17Cl2N3O3S2. The first-order valence-corrected chi connectivity index (χ1v) is 10.6. The highest BCUT2D eigenvalue weighted by molar-refractivity contribution is 7.99. The van der Waals surface area contributed by atoms with Gasteiger partial charge in [0, 0.05) is 24.7 Å². The summed E-state index contributed by atoms with van der Waals surface area (Å²) in [7, 11) is -5.29. The molecule has 140 valence electrons. The number of aliphatic imine (C=N–C) groups is 1. The van der Waals surface area contributed by atoms with E-state index in [1.165, 1.54) is 11.6 Å². The molecule has 6 nitrogen and oxygen atoms in total. The van der Waals surface area contributed by atoms with E-state index in [0.29, 0.717) is 23.8 Å². The van der Waals surface area contributed by atoms with Crippen LogP contribution in [-0.4, -0.2) is 31.3 Å². The molecule has 0 fully saturated rings. The largest absolute Gasteiger partial charge is 0.311 e. The molecule has 0 saturated heterocycles. The number of benzene rings is 2. The predicted octanol–water partition coefficient (Wildman–Crippen LogP) is 2.61. The molecule has 2 aromatic carbocycles. The highest BCUT2D eigenvalue weighted by Gasteiger charge is 2.26. The van der Waals surface area contributed by atoms with Gasteiger partial charge in [-0.3, -0.25) is 0 Å². The Morgan fingerprint density at radius 3 is 2.65 bits per heavy atom. The number of fused-ring (bicyclic) bond motifs is 1. The highest BCUT2D eigenvalue weighted by atomic mass is 35.5. The number of nitrogens with one attached hydrogen (secondary N) is 2. The van der Waals surface area contributed by atoms with Crippen molar-refractivity contribution in [1.82, 2.24) is 10.0 Å². The Labute approximate surface area is 166 Å². The van der Waals surface area contributed by atoms with Crippen LogP contribution < -0.4 is 10.0 Å². The van der Waals surface area contributed by atoms with E-state index in [-0.39, 0.29) is 28.7 Å². The van der Waals surface area contributed by atoms with Crippen LogP contribution in [0.3, 0.4) is 0 Å². The van der Waals surface area contributed by atoms with E-state index < -0.39 is 20.8 Å². The second kappa shape index (κ2) is 9.07. The molecule has 2 N–H and O–H groups in total. The van der Waals surface area contributed by atoms with Gasteiger partial charge < -0.3 is 5.32 Å². The minimum Gasteiger partial charge on any atom is -0.311 e. The Hall–Kier alpha value is -1.29. The molecule has 0 spiro atoms. The molecule has 10 heteroatoms. The lowest BCUT2D eigenvalue weighted by Crippen LogP contribution is -2.32. The fraction of sp³-hybridized carbons (Fsp3) is 0.188. The van der Waals surface area contributed by atoms with Gasteiger partial charge in [0.05, 0.1) is 26.9 Å². The van der Waals surface area contributed by atoms with E-state index in [1.54, 1.807) is 18.2 Å². The van der Waals surface area contributed by atoms with Gasteiger partial charge in [0.25, 0.3) is 0 Å². The van der Waals surface area contributed by atoms with Crippen LogP contribution in [0.25, 0.3) is 0 Å². The lowest BCUT2D eigenvalue weighted by Gasteiger charge is -2.10. The molecule has 0 amide bonds. The molecule has 0 radical (unpaired) electrons. The minimum absolute atomic E-state index is 0. The van der Waals surface area contributed by atoms with E-state index in [1.807, 2.05) is 18.2 Å². The number of halogens is 2. The molecule has 1 aliphatic rings. The van der Waals surface area contributed by atoms with Gasteiger partial charge in [0.2, 0.25) is 10.0 Å². The number of sulfonamides is 1. The average molecular weight is 434 g/mol. The Bertz CT molecular complexity index is 950. The van der Waals surface area contributed by atoms with Crippen molar-refractivity contribution >= 4 is 56.1 Å². The van der Waals surface area contributed by atoms with Crippen LogP contribution in [0.4, 0.5) is 5.69 Å². The fourth-order valence-electron chi connectivity index (χ4n) is 2.41. The van der Waals surface area contributed by atoms with Crippen LogP contribution in [-0.2, 0) is 27.4 Å². The quantitative estimate of drug-likeness (QED) is 0.656. The maximum Gasteiger partial charge on any atom is 0.241 e. The van der Waals surface area contributed by atoms with Crippen LogP contribution in [0.5, 0.6) is 0 Å². The minimum atomic E-state index is -3.75. The van der Waals surface area contributed by atoms with Gasteiger partial charge in [0.15, 0.2) is 0 Å². The molecule has 1 unspecified atom stereocenters. The van der Waals surface area contributed by atoms with Gasteiger partial charge in [-0.1, -0.05) is 29.8 Å². The summed E-state index contributed by atoms with van der Waals surface area (Å²) >= 11 is 5.92. The van der Waals surface area contributed by atoms with Crippen LogP contribution in [0.15, 0.2) is 57.2 Å². The van der Waals surface area contributed by atoms with Crippen LogP contribution in [0.2, 0.25) is 5.02 Å². The first kappa shape index (κ1) is 21.0. The van der Waals surface area contributed by atoms with Gasteiger partial charge in [0.1, 0.15) is 4.90 Å². The van der Waals surface area contributed by atoms with Crippen LogP contribution >= 0.6 is 24.0 Å². The molecule has 0 bridgehead atoms. The summed E-state index contributed by atoms with van der Waals surface area (Å²) < 4.78 is 39.4. The third-order valence-corrected chi connectivity index (χ3v) is 6.54. The molecular weight excluding hydrogens is 417 g/mol. The molecule has 0 aromatic heterocycles. The Morgan fingerprint density at radius 1 is 1.12 bits per heavy atom. The zero-order chi connectivity index (χ0) is 17.9. The summed E-state index contributed by atoms with van der Waals surface area (Å²) in [6.45, 7) is 1.24. The van der Waals surface area contributed by atoms with E-state index in [4.69, 9.17) is 11.6 Å². The predicted molar refractivity (Wildman–Crippen MR) is 107 cm³/mol. The smallest absolute Gasteiger partial charge is 0.241 e. The Balaban J connectivity index is 0.00000243. The summed E-state index contributed by atoms with van der Waals surface area (Å²) in [5.41, 5.74) is 2.69. The number of hydrogen-bond acceptors (Lipinski definition) is 5. The topological polar surface area (TPSA) is 87.6 Å². The average Bonchev–Trinajstić information content (AvgIpc) is 2.96. The summed E-state index contributed by atoms with van der Waals surface area (Å²) in [5, 5.41) is 3.80. The maximum atomic E-state index is 12.5. The summed E-state index contributed by atoms with van der Waals surface area (Å²) in [5.74, 6) is 0. The van der Waals surface area contributed by atoms with Crippen molar-refractivity contribution in [2.45, 2.75) is 16.3 Å². The summed E-state index contributed by atoms with van der Waals surface area (Å²) in [6.07, 6.45) is 0. The summed E-state index contributed by atoms with van der Waals surface area (Å²) in [6, 6.07) is 12.1. The lowest BCUT2D eigenvalue weighted by atomic mass is 10.2. The summed E-state index contributed by atoms with van der Waals surface area (Å²) in [4.78, 5) is 4.21. The lowest BCUT2D eigenvalue weighted by molar-refractivity contribution is 0.573. The molecule has 1 aliphatic heterocycles. The van der Waals surface area contributed by atoms with Gasteiger partial charge in [-0.25, -0.2) is 22.3 Å². The van der Waals surface area contributed by atoms with E-state index in [2.05, 4.69) is 15.0 Å². The highest BCUT2D eigenvalue weighted by Crippen LogP contribution is 2.32. The number of nitrogens with zero attached hydrogens (tertiary/aromatic N) is 1. The molecule has 0 saturated carbocycles. The van der Waals surface area contributed by atoms with Gasteiger partial charge >= 0.3 is 0 Å². The maximum absolute atomic E-state index is 12.5. The van der Waals surface area contributed by atoms with Gasteiger partial charge in [-0.15, -0.1) is 12.4 Å². The third kappa shape index (κ3) is 4.91. The second-order valence-corrected chi connectivity index (χ2v) is 8.73. The van der Waals surface area contributed by atoms with Crippen molar-refractivity contribution in [2.24, 2.45) is 4.99 Å². The number of rotatable bonds is 7. The first-order chi connectivity index (χ1) is 12.0. The molecule has 1 atom stereocenters. The van der Waals surface area contributed by atoms with Crippen molar-refractivity contribution in [1.29, 1.82) is 0 Å². The molecule has 2 aromatic rings. The number of hydrogen-bond donors (Lipinski definition) is 2. The Kier molecular flexibility index (Phi) is 7.33. The Morgan fingerprint density at radius 2 is 1.88 bits per heavy atom. The van der Waals surface area contributed by atoms with Crippen molar-refractivity contribution in [3.63, 3.8) is 0 Å². The monoisotopic (exact) mass is 433 g/mol. The SMILES string of the molecule is Cl.O=S1C=Nc2cccc(S(=O)(=O)NCCNCc3cccc(Cl)c3)c21. The zero-order valence-electron chi connectivity index (χ0n) is 13.5. The van der Waals surface area contributed by atoms with E-state index in [0.717, 1.165) is 5.56 Å².